The summed E-state index contributed by atoms with van der Waals surface area (Å²) >= 11 is 1.51. The van der Waals surface area contributed by atoms with Gasteiger partial charge in [-0.05, 0) is 11.6 Å². The van der Waals surface area contributed by atoms with Crippen molar-refractivity contribution in [2.24, 2.45) is 0 Å². The van der Waals surface area contributed by atoms with Crippen molar-refractivity contribution < 1.29 is 9.53 Å². The Kier molecular flexibility index (Phi) is 10.9. The van der Waals surface area contributed by atoms with Crippen LogP contribution in [0, 0.1) is 0 Å². The highest BCUT2D eigenvalue weighted by molar-refractivity contribution is 7.14. The molecule has 0 bridgehead atoms. The quantitative estimate of drug-likeness (QED) is 0.702. The van der Waals surface area contributed by atoms with E-state index < -0.39 is 0 Å². The van der Waals surface area contributed by atoms with Crippen LogP contribution in [-0.4, -0.2) is 60.7 Å². The van der Waals surface area contributed by atoms with Gasteiger partial charge in [0.2, 0.25) is 5.91 Å². The van der Waals surface area contributed by atoms with Crippen LogP contribution in [0.3, 0.4) is 0 Å². The molecule has 0 radical (unpaired) electrons. The van der Waals surface area contributed by atoms with Gasteiger partial charge in [0.25, 0.3) is 0 Å². The highest BCUT2D eigenvalue weighted by Gasteiger charge is 2.25. The minimum atomic E-state index is -0.0154. The molecule has 1 unspecified atom stereocenters. The van der Waals surface area contributed by atoms with Gasteiger partial charge in [0.1, 0.15) is 0 Å². The number of thiazole rings is 1. The van der Waals surface area contributed by atoms with E-state index in [4.69, 9.17) is 9.72 Å². The lowest BCUT2D eigenvalue weighted by molar-refractivity contribution is -0.116. The Morgan fingerprint density at radius 2 is 2.29 bits per heavy atom. The zero-order chi connectivity index (χ0) is 18.4. The molecule has 28 heavy (non-hydrogen) atoms. The van der Waals surface area contributed by atoms with E-state index >= 15 is 0 Å². The molecule has 0 spiro atoms. The van der Waals surface area contributed by atoms with Crippen LogP contribution in [-0.2, 0) is 16.1 Å². The fourth-order valence-corrected chi connectivity index (χ4v) is 3.99. The van der Waals surface area contributed by atoms with Gasteiger partial charge in [0.15, 0.2) is 5.13 Å². The van der Waals surface area contributed by atoms with Gasteiger partial charge in [-0.15, -0.1) is 36.2 Å². The van der Waals surface area contributed by atoms with Gasteiger partial charge in [-0.25, -0.2) is 4.98 Å². The number of hydrogen-bond donors (Lipinski definition) is 1. The zero-order valence-corrected chi connectivity index (χ0v) is 18.5. The van der Waals surface area contributed by atoms with Crippen LogP contribution in [0.15, 0.2) is 29.9 Å². The van der Waals surface area contributed by atoms with Crippen molar-refractivity contribution in [3.63, 3.8) is 0 Å². The number of methoxy groups -OCH3 is 1. The number of hydrogen-bond acceptors (Lipinski definition) is 7. The first-order valence-electron chi connectivity index (χ1n) is 8.75. The van der Waals surface area contributed by atoms with E-state index in [0.29, 0.717) is 13.2 Å². The van der Waals surface area contributed by atoms with Crippen molar-refractivity contribution >= 4 is 47.2 Å². The molecule has 1 atom stereocenters. The summed E-state index contributed by atoms with van der Waals surface area (Å²) in [5.41, 5.74) is 2.20. The van der Waals surface area contributed by atoms with E-state index in [1.54, 1.807) is 25.1 Å². The zero-order valence-electron chi connectivity index (χ0n) is 16.0. The normalized spacial score (nSPS) is 16.7. The average Bonchev–Trinajstić information content (AvgIpc) is 3.11. The van der Waals surface area contributed by atoms with Gasteiger partial charge in [-0.3, -0.25) is 19.6 Å². The van der Waals surface area contributed by atoms with Gasteiger partial charge in [-0.1, -0.05) is 6.07 Å². The Morgan fingerprint density at radius 1 is 1.46 bits per heavy atom. The second-order valence-corrected chi connectivity index (χ2v) is 7.10. The molecule has 7 nitrogen and oxygen atoms in total. The maximum atomic E-state index is 11.9. The van der Waals surface area contributed by atoms with Crippen molar-refractivity contribution in [3.8, 4) is 0 Å². The third-order valence-corrected chi connectivity index (χ3v) is 5.37. The summed E-state index contributed by atoms with van der Waals surface area (Å²) < 4.78 is 5.10. The number of halogens is 2. The molecular formula is C18H27Cl2N5O2S. The monoisotopic (exact) mass is 447 g/mol. The Morgan fingerprint density at radius 3 is 2.96 bits per heavy atom. The standard InChI is InChI=1S/C18H25N5O2S.2ClH/c1-14(24)23(8-9-25-2)18-21-16(13-26-18)12-22-7-6-20-11-17(22)15-4-3-5-19-10-15;;/h3-5,10,13,17,20H,6-9,11-12H2,1-2H3;2*1H. The molecule has 3 rings (SSSR count). The van der Waals surface area contributed by atoms with Crippen molar-refractivity contribution in [1.29, 1.82) is 0 Å². The largest absolute Gasteiger partial charge is 0.383 e. The lowest BCUT2D eigenvalue weighted by Gasteiger charge is -2.35. The molecule has 1 N–H and O–H groups in total. The fourth-order valence-electron chi connectivity index (χ4n) is 3.11. The van der Waals surface area contributed by atoms with Crippen LogP contribution < -0.4 is 10.2 Å². The maximum absolute atomic E-state index is 11.9. The number of nitrogens with zero attached hydrogens (tertiary/aromatic N) is 4. The van der Waals surface area contributed by atoms with Gasteiger partial charge < -0.3 is 10.1 Å². The molecule has 1 saturated heterocycles. The van der Waals surface area contributed by atoms with E-state index in [9.17, 15) is 4.79 Å². The number of ether oxygens (including phenoxy) is 1. The van der Waals surface area contributed by atoms with E-state index in [-0.39, 0.29) is 36.8 Å². The van der Waals surface area contributed by atoms with Gasteiger partial charge in [0.05, 0.1) is 18.8 Å². The summed E-state index contributed by atoms with van der Waals surface area (Å²) in [6.07, 6.45) is 3.73. The molecule has 1 aliphatic rings. The van der Waals surface area contributed by atoms with Crippen LogP contribution >= 0.6 is 36.2 Å². The van der Waals surface area contributed by atoms with Crippen molar-refractivity contribution in [1.82, 2.24) is 20.2 Å². The van der Waals surface area contributed by atoms with Gasteiger partial charge in [-0.2, -0.15) is 0 Å². The van der Waals surface area contributed by atoms with Crippen LogP contribution in [0.25, 0.3) is 0 Å². The third-order valence-electron chi connectivity index (χ3n) is 4.46. The van der Waals surface area contributed by atoms with Crippen molar-refractivity contribution in [3.05, 3.63) is 41.2 Å². The number of carbonyl (C=O) groups is 1. The summed E-state index contributed by atoms with van der Waals surface area (Å²) in [7, 11) is 1.63. The van der Waals surface area contributed by atoms with Crippen molar-refractivity contribution in [2.45, 2.75) is 19.5 Å². The molecule has 2 aromatic heterocycles. The number of aromatic nitrogens is 2. The Hall–Kier alpha value is -1.29. The number of nitrogens with one attached hydrogen (secondary N) is 1. The molecule has 2 aromatic rings. The minimum Gasteiger partial charge on any atom is -0.383 e. The molecule has 1 amide bonds. The summed E-state index contributed by atoms with van der Waals surface area (Å²) in [4.78, 5) is 24.9. The summed E-state index contributed by atoms with van der Waals surface area (Å²) in [6.45, 7) is 6.14. The first-order chi connectivity index (χ1) is 12.7. The average molecular weight is 448 g/mol. The van der Waals surface area contributed by atoms with Gasteiger partial charge >= 0.3 is 0 Å². The number of pyridine rings is 1. The molecule has 0 saturated carbocycles. The lowest BCUT2D eigenvalue weighted by Crippen LogP contribution is -2.45. The molecule has 1 fully saturated rings. The predicted molar refractivity (Wildman–Crippen MR) is 117 cm³/mol. The van der Waals surface area contributed by atoms with E-state index in [1.165, 1.54) is 16.9 Å². The van der Waals surface area contributed by atoms with Crippen LogP contribution in [0.4, 0.5) is 5.13 Å². The van der Waals surface area contributed by atoms with Crippen molar-refractivity contribution in [2.75, 3.05) is 44.8 Å². The highest BCUT2D eigenvalue weighted by atomic mass is 35.5. The van der Waals surface area contributed by atoms with Crippen LogP contribution in [0.2, 0.25) is 0 Å². The smallest absolute Gasteiger partial charge is 0.225 e. The highest BCUT2D eigenvalue weighted by Crippen LogP contribution is 2.26. The Bertz CT molecular complexity index is 719. The first-order valence-corrected chi connectivity index (χ1v) is 9.63. The number of anilines is 1. The fraction of sp³-hybridized carbons (Fsp3) is 0.500. The summed E-state index contributed by atoms with van der Waals surface area (Å²) in [5.74, 6) is -0.0154. The second-order valence-electron chi connectivity index (χ2n) is 6.26. The molecular weight excluding hydrogens is 421 g/mol. The van der Waals surface area contributed by atoms with E-state index in [1.807, 2.05) is 17.6 Å². The molecule has 0 aliphatic carbocycles. The number of piperazine rings is 1. The van der Waals surface area contributed by atoms with Gasteiger partial charge in [0, 0.05) is 64.0 Å². The lowest BCUT2D eigenvalue weighted by atomic mass is 10.1. The Balaban J connectivity index is 0.00000196. The SMILES string of the molecule is COCCN(C(C)=O)c1nc(CN2CCNCC2c2cccnc2)cs1.Cl.Cl. The van der Waals surface area contributed by atoms with E-state index in [0.717, 1.165) is 37.0 Å². The first kappa shape index (κ1) is 24.7. The molecule has 156 valence electrons. The molecule has 3 heterocycles. The van der Waals surface area contributed by atoms with E-state index in [2.05, 4.69) is 21.3 Å². The predicted octanol–water partition coefficient (Wildman–Crippen LogP) is 2.53. The number of carbonyl (C=O) groups excluding carboxylic acids is 1. The van der Waals surface area contributed by atoms with Crippen LogP contribution in [0.5, 0.6) is 0 Å². The Labute approximate surface area is 182 Å². The van der Waals surface area contributed by atoms with Crippen LogP contribution in [0.1, 0.15) is 24.2 Å². The third kappa shape index (κ3) is 6.37. The second kappa shape index (κ2) is 12.3. The number of rotatable bonds is 7. The topological polar surface area (TPSA) is 70.6 Å². The summed E-state index contributed by atoms with van der Waals surface area (Å²) in [5, 5.41) is 6.23. The molecule has 0 aromatic carbocycles. The minimum absolute atomic E-state index is 0. The maximum Gasteiger partial charge on any atom is 0.225 e. The number of amides is 1. The molecule has 1 aliphatic heterocycles. The molecule has 10 heteroatoms. The summed E-state index contributed by atoms with van der Waals surface area (Å²) in [6, 6.07) is 4.37.